The second-order valence-corrected chi connectivity index (χ2v) is 4.83. The molecule has 0 aliphatic rings. The van der Waals surface area contributed by atoms with E-state index >= 15 is 0 Å². The smallest absolute Gasteiger partial charge is 0.354 e. The summed E-state index contributed by atoms with van der Waals surface area (Å²) in [5.41, 5.74) is 2.42. The van der Waals surface area contributed by atoms with Crippen LogP contribution in [0.1, 0.15) is 34.8 Å². The molecule has 0 saturated carbocycles. The van der Waals surface area contributed by atoms with Crippen LogP contribution in [0.2, 0.25) is 0 Å². The van der Waals surface area contributed by atoms with Gasteiger partial charge in [-0.3, -0.25) is 0 Å². The van der Waals surface area contributed by atoms with Crippen LogP contribution in [0, 0.1) is 0 Å². The summed E-state index contributed by atoms with van der Waals surface area (Å²) < 4.78 is 9.95. The van der Waals surface area contributed by atoms with Crippen molar-refractivity contribution in [2.24, 2.45) is 0 Å². The SMILES string of the molecule is CCOC(=O)c1cc2cc3cc(C(=O)OCC)[nH]c3cc2[nH]1. The molecule has 3 aromatic rings. The number of carbonyl (C=O) groups is 2. The fraction of sp³-hybridized carbons (Fsp3) is 0.250. The number of fused-ring (bicyclic) bond motifs is 2. The molecule has 2 aromatic heterocycles. The molecule has 0 amide bonds. The Morgan fingerprint density at radius 2 is 1.27 bits per heavy atom. The first kappa shape index (κ1) is 14.2. The zero-order valence-electron chi connectivity index (χ0n) is 12.4. The van der Waals surface area contributed by atoms with E-state index in [1.165, 1.54) is 0 Å². The van der Waals surface area contributed by atoms with Gasteiger partial charge in [0.2, 0.25) is 0 Å². The minimum atomic E-state index is -0.380. The standard InChI is InChI=1S/C16H16N2O4/c1-3-21-15(19)13-6-9-5-10-7-14(16(20)22-4-2)18-12(10)8-11(9)17-13/h5-8,17-18H,3-4H2,1-2H3. The molecule has 0 fully saturated rings. The monoisotopic (exact) mass is 300 g/mol. The summed E-state index contributed by atoms with van der Waals surface area (Å²) >= 11 is 0. The van der Waals surface area contributed by atoms with E-state index in [1.807, 2.05) is 12.1 Å². The van der Waals surface area contributed by atoms with E-state index in [9.17, 15) is 9.59 Å². The molecule has 114 valence electrons. The highest BCUT2D eigenvalue weighted by molar-refractivity contribution is 6.03. The molecule has 2 heterocycles. The molecular formula is C16H16N2O4. The van der Waals surface area contributed by atoms with E-state index in [0.29, 0.717) is 24.6 Å². The number of hydrogen-bond donors (Lipinski definition) is 2. The molecule has 0 atom stereocenters. The average Bonchev–Trinajstić information content (AvgIpc) is 3.07. The van der Waals surface area contributed by atoms with Crippen molar-refractivity contribution in [1.82, 2.24) is 9.97 Å². The van der Waals surface area contributed by atoms with Gasteiger partial charge in [-0.15, -0.1) is 0 Å². The highest BCUT2D eigenvalue weighted by Crippen LogP contribution is 2.24. The Morgan fingerprint density at radius 1 is 0.818 bits per heavy atom. The van der Waals surface area contributed by atoms with Crippen molar-refractivity contribution in [3.63, 3.8) is 0 Å². The topological polar surface area (TPSA) is 84.2 Å². The van der Waals surface area contributed by atoms with Crippen LogP contribution in [0.4, 0.5) is 0 Å². The van der Waals surface area contributed by atoms with E-state index < -0.39 is 0 Å². The van der Waals surface area contributed by atoms with E-state index in [1.54, 1.807) is 26.0 Å². The van der Waals surface area contributed by atoms with Crippen molar-refractivity contribution in [1.29, 1.82) is 0 Å². The zero-order chi connectivity index (χ0) is 15.7. The van der Waals surface area contributed by atoms with Gasteiger partial charge in [0.15, 0.2) is 0 Å². The molecule has 22 heavy (non-hydrogen) atoms. The summed E-state index contributed by atoms with van der Waals surface area (Å²) in [6.07, 6.45) is 0. The van der Waals surface area contributed by atoms with Crippen LogP contribution in [0.3, 0.4) is 0 Å². The first-order chi connectivity index (χ1) is 10.6. The Bertz CT molecular complexity index is 741. The molecule has 3 rings (SSSR count). The molecular weight excluding hydrogens is 284 g/mol. The molecule has 2 N–H and O–H groups in total. The highest BCUT2D eigenvalue weighted by Gasteiger charge is 2.14. The van der Waals surface area contributed by atoms with Gasteiger partial charge in [-0.25, -0.2) is 9.59 Å². The summed E-state index contributed by atoms with van der Waals surface area (Å²) in [6.45, 7) is 4.19. The minimum absolute atomic E-state index is 0.331. The van der Waals surface area contributed by atoms with Crippen molar-refractivity contribution in [2.75, 3.05) is 13.2 Å². The number of carbonyl (C=O) groups excluding carboxylic acids is 2. The van der Waals surface area contributed by atoms with Gasteiger partial charge in [0, 0.05) is 21.8 Å². The van der Waals surface area contributed by atoms with Crippen LogP contribution in [0.5, 0.6) is 0 Å². The molecule has 1 aromatic carbocycles. The van der Waals surface area contributed by atoms with Gasteiger partial charge in [0.1, 0.15) is 11.4 Å². The van der Waals surface area contributed by atoms with Crippen molar-refractivity contribution in [3.8, 4) is 0 Å². The Labute approximate surface area is 126 Å². The number of nitrogens with one attached hydrogen (secondary N) is 2. The van der Waals surface area contributed by atoms with Crippen molar-refractivity contribution in [3.05, 3.63) is 35.7 Å². The average molecular weight is 300 g/mol. The van der Waals surface area contributed by atoms with Gasteiger partial charge < -0.3 is 19.4 Å². The van der Waals surface area contributed by atoms with Gasteiger partial charge in [-0.05, 0) is 38.1 Å². The first-order valence-corrected chi connectivity index (χ1v) is 7.12. The lowest BCUT2D eigenvalue weighted by molar-refractivity contribution is 0.0511. The number of rotatable bonds is 4. The number of ether oxygens (including phenoxy) is 2. The van der Waals surface area contributed by atoms with Gasteiger partial charge in [-0.1, -0.05) is 0 Å². The Hall–Kier alpha value is -2.76. The summed E-state index contributed by atoms with van der Waals surface area (Å²) in [4.78, 5) is 29.5. The van der Waals surface area contributed by atoms with E-state index in [4.69, 9.17) is 9.47 Å². The van der Waals surface area contributed by atoms with Crippen LogP contribution in [-0.4, -0.2) is 35.1 Å². The summed E-state index contributed by atoms with van der Waals surface area (Å²) in [5.74, 6) is -0.760. The largest absolute Gasteiger partial charge is 0.461 e. The van der Waals surface area contributed by atoms with E-state index in [2.05, 4.69) is 9.97 Å². The van der Waals surface area contributed by atoms with Crippen LogP contribution in [0.15, 0.2) is 24.3 Å². The third-order valence-electron chi connectivity index (χ3n) is 3.35. The number of aromatic nitrogens is 2. The molecule has 0 radical (unpaired) electrons. The lowest BCUT2D eigenvalue weighted by Gasteiger charge is -1.97. The van der Waals surface area contributed by atoms with Gasteiger partial charge in [-0.2, -0.15) is 0 Å². The van der Waals surface area contributed by atoms with Gasteiger partial charge >= 0.3 is 11.9 Å². The zero-order valence-corrected chi connectivity index (χ0v) is 12.4. The minimum Gasteiger partial charge on any atom is -0.461 e. The predicted octanol–water partition coefficient (Wildman–Crippen LogP) is 3.00. The lowest BCUT2D eigenvalue weighted by atomic mass is 10.2. The Kier molecular flexibility index (Phi) is 3.58. The van der Waals surface area contributed by atoms with Crippen LogP contribution in [-0.2, 0) is 9.47 Å². The van der Waals surface area contributed by atoms with Crippen LogP contribution in [0.25, 0.3) is 21.8 Å². The van der Waals surface area contributed by atoms with Crippen LogP contribution < -0.4 is 0 Å². The number of benzene rings is 1. The molecule has 6 heteroatoms. The number of aromatic amines is 2. The van der Waals surface area contributed by atoms with Crippen molar-refractivity contribution >= 4 is 33.7 Å². The molecule has 0 spiro atoms. The Balaban J connectivity index is 2.02. The molecule has 0 bridgehead atoms. The van der Waals surface area contributed by atoms with Crippen LogP contribution >= 0.6 is 0 Å². The fourth-order valence-electron chi connectivity index (χ4n) is 2.40. The van der Waals surface area contributed by atoms with E-state index in [-0.39, 0.29) is 11.9 Å². The fourth-order valence-corrected chi connectivity index (χ4v) is 2.40. The molecule has 0 unspecified atom stereocenters. The maximum atomic E-state index is 11.7. The number of H-pyrrole nitrogens is 2. The molecule has 0 aliphatic heterocycles. The van der Waals surface area contributed by atoms with Crippen molar-refractivity contribution in [2.45, 2.75) is 13.8 Å². The summed E-state index contributed by atoms with van der Waals surface area (Å²) in [5, 5.41) is 1.76. The molecule has 6 nitrogen and oxygen atoms in total. The Morgan fingerprint density at radius 3 is 1.68 bits per heavy atom. The van der Waals surface area contributed by atoms with Crippen molar-refractivity contribution < 1.29 is 19.1 Å². The maximum Gasteiger partial charge on any atom is 0.354 e. The number of esters is 2. The third-order valence-corrected chi connectivity index (χ3v) is 3.35. The first-order valence-electron chi connectivity index (χ1n) is 7.12. The summed E-state index contributed by atoms with van der Waals surface area (Å²) in [6, 6.07) is 7.24. The predicted molar refractivity (Wildman–Crippen MR) is 82.1 cm³/mol. The van der Waals surface area contributed by atoms with Gasteiger partial charge in [0.05, 0.1) is 13.2 Å². The number of hydrogen-bond acceptors (Lipinski definition) is 4. The highest BCUT2D eigenvalue weighted by atomic mass is 16.5. The van der Waals surface area contributed by atoms with Gasteiger partial charge in [0.25, 0.3) is 0 Å². The molecule has 0 aliphatic carbocycles. The maximum absolute atomic E-state index is 11.7. The second-order valence-electron chi connectivity index (χ2n) is 4.83. The lowest BCUT2D eigenvalue weighted by Crippen LogP contribution is -2.04. The quantitative estimate of drug-likeness (QED) is 0.725. The van der Waals surface area contributed by atoms with E-state index in [0.717, 1.165) is 21.8 Å². The normalized spacial score (nSPS) is 11.0. The molecule has 0 saturated heterocycles. The third kappa shape index (κ3) is 2.43. The summed E-state index contributed by atoms with van der Waals surface area (Å²) in [7, 11) is 0. The second kappa shape index (κ2) is 5.55.